The Morgan fingerprint density at radius 2 is 2.07 bits per heavy atom. The van der Waals surface area contributed by atoms with Crippen LogP contribution in [-0.4, -0.2) is 18.3 Å². The molecule has 84 valence electrons. The van der Waals surface area contributed by atoms with Crippen LogP contribution >= 0.6 is 0 Å². The summed E-state index contributed by atoms with van der Waals surface area (Å²) in [5, 5.41) is 9.02. The Bertz CT molecular complexity index is 308. The lowest BCUT2D eigenvalue weighted by atomic mass is 10.1. The van der Waals surface area contributed by atoms with Crippen molar-refractivity contribution in [3.8, 4) is 5.75 Å². The molecular formula is C12H18O3. The van der Waals surface area contributed by atoms with Crippen LogP contribution in [0.25, 0.3) is 0 Å². The van der Waals surface area contributed by atoms with Crippen molar-refractivity contribution in [3.63, 3.8) is 0 Å². The zero-order valence-electron chi connectivity index (χ0n) is 9.49. The number of ether oxygens (including phenoxy) is 2. The Balaban J connectivity index is 2.81. The molecule has 1 rings (SSSR count). The normalized spacial score (nSPS) is 10.7. The van der Waals surface area contributed by atoms with E-state index in [2.05, 4.69) is 0 Å². The van der Waals surface area contributed by atoms with Crippen molar-refractivity contribution in [2.45, 2.75) is 33.2 Å². The Morgan fingerprint density at radius 3 is 2.60 bits per heavy atom. The van der Waals surface area contributed by atoms with Gasteiger partial charge in [0.25, 0.3) is 0 Å². The minimum absolute atomic E-state index is 0.0404. The second-order valence-electron chi connectivity index (χ2n) is 3.66. The van der Waals surface area contributed by atoms with Crippen molar-refractivity contribution < 1.29 is 14.6 Å². The van der Waals surface area contributed by atoms with Gasteiger partial charge < -0.3 is 14.6 Å². The smallest absolute Gasteiger partial charge is 0.124 e. The summed E-state index contributed by atoms with van der Waals surface area (Å²) in [7, 11) is 1.63. The van der Waals surface area contributed by atoms with Crippen LogP contribution in [0, 0.1) is 0 Å². The number of aliphatic hydroxyl groups is 1. The molecule has 3 heteroatoms. The quantitative estimate of drug-likeness (QED) is 0.809. The van der Waals surface area contributed by atoms with Crippen LogP contribution in [0.15, 0.2) is 18.2 Å². The molecule has 1 aromatic carbocycles. The molecule has 0 bridgehead atoms. The van der Waals surface area contributed by atoms with Gasteiger partial charge in [-0.05, 0) is 31.5 Å². The second-order valence-corrected chi connectivity index (χ2v) is 3.66. The topological polar surface area (TPSA) is 38.7 Å². The molecule has 0 saturated heterocycles. The average Bonchev–Trinajstić information content (AvgIpc) is 2.25. The van der Waals surface area contributed by atoms with Gasteiger partial charge in [0.2, 0.25) is 0 Å². The van der Waals surface area contributed by atoms with Crippen LogP contribution in [0.5, 0.6) is 5.75 Å². The van der Waals surface area contributed by atoms with Crippen molar-refractivity contribution in [1.82, 2.24) is 0 Å². The van der Waals surface area contributed by atoms with Gasteiger partial charge in [-0.1, -0.05) is 6.07 Å². The summed E-state index contributed by atoms with van der Waals surface area (Å²) in [6.45, 7) is 4.53. The Hall–Kier alpha value is -1.06. The van der Waals surface area contributed by atoms with Gasteiger partial charge in [0.05, 0.1) is 26.4 Å². The summed E-state index contributed by atoms with van der Waals surface area (Å²) in [5.41, 5.74) is 1.84. The molecule has 1 aromatic rings. The van der Waals surface area contributed by atoms with Crippen LogP contribution in [-0.2, 0) is 18.0 Å². The molecule has 0 amide bonds. The minimum Gasteiger partial charge on any atom is -0.496 e. The highest BCUT2D eigenvalue weighted by molar-refractivity contribution is 5.36. The lowest BCUT2D eigenvalue weighted by Gasteiger charge is -2.12. The molecule has 0 radical (unpaired) electrons. The first-order valence-corrected chi connectivity index (χ1v) is 5.05. The summed E-state index contributed by atoms with van der Waals surface area (Å²) < 4.78 is 10.7. The standard InChI is InChI=1S/C12H18O3/c1-9(2)15-8-11-6-10(7-13)4-5-12(11)14-3/h4-6,9,13H,7-8H2,1-3H3. The number of aliphatic hydroxyl groups excluding tert-OH is 1. The zero-order valence-corrected chi connectivity index (χ0v) is 9.49. The second kappa shape index (κ2) is 5.73. The maximum Gasteiger partial charge on any atom is 0.124 e. The van der Waals surface area contributed by atoms with E-state index in [9.17, 15) is 0 Å². The summed E-state index contributed by atoms with van der Waals surface area (Å²) in [6.07, 6.45) is 0.187. The molecule has 0 aliphatic carbocycles. The van der Waals surface area contributed by atoms with Gasteiger partial charge >= 0.3 is 0 Å². The van der Waals surface area contributed by atoms with Crippen molar-refractivity contribution >= 4 is 0 Å². The van der Waals surface area contributed by atoms with Gasteiger partial charge in [0.15, 0.2) is 0 Å². The van der Waals surface area contributed by atoms with E-state index in [1.165, 1.54) is 0 Å². The van der Waals surface area contributed by atoms with Crippen molar-refractivity contribution in [1.29, 1.82) is 0 Å². The van der Waals surface area contributed by atoms with Gasteiger partial charge in [-0.15, -0.1) is 0 Å². The largest absolute Gasteiger partial charge is 0.496 e. The molecule has 0 aliphatic heterocycles. The molecule has 0 saturated carbocycles. The van der Waals surface area contributed by atoms with Gasteiger partial charge in [0.1, 0.15) is 5.75 Å². The monoisotopic (exact) mass is 210 g/mol. The van der Waals surface area contributed by atoms with Crippen LogP contribution in [0.1, 0.15) is 25.0 Å². The van der Waals surface area contributed by atoms with Gasteiger partial charge in [-0.3, -0.25) is 0 Å². The molecular weight excluding hydrogens is 192 g/mol. The third-order valence-corrected chi connectivity index (χ3v) is 2.10. The maximum absolute atomic E-state index is 9.02. The lowest BCUT2D eigenvalue weighted by molar-refractivity contribution is 0.0643. The predicted molar refractivity (Wildman–Crippen MR) is 58.8 cm³/mol. The lowest BCUT2D eigenvalue weighted by Crippen LogP contribution is -2.04. The number of rotatable bonds is 5. The Morgan fingerprint density at radius 1 is 1.33 bits per heavy atom. The van der Waals surface area contributed by atoms with E-state index >= 15 is 0 Å². The van der Waals surface area contributed by atoms with E-state index in [1.54, 1.807) is 7.11 Å². The van der Waals surface area contributed by atoms with Crippen LogP contribution in [0.2, 0.25) is 0 Å². The molecule has 0 fully saturated rings. The first-order valence-electron chi connectivity index (χ1n) is 5.05. The van der Waals surface area contributed by atoms with Crippen LogP contribution in [0.3, 0.4) is 0 Å². The SMILES string of the molecule is COc1ccc(CO)cc1COC(C)C. The highest BCUT2D eigenvalue weighted by atomic mass is 16.5. The van der Waals surface area contributed by atoms with Crippen LogP contribution in [0.4, 0.5) is 0 Å². The Labute approximate surface area is 90.6 Å². The molecule has 0 unspecified atom stereocenters. The van der Waals surface area contributed by atoms with Gasteiger partial charge in [-0.2, -0.15) is 0 Å². The van der Waals surface area contributed by atoms with Crippen molar-refractivity contribution in [2.75, 3.05) is 7.11 Å². The summed E-state index contributed by atoms with van der Waals surface area (Å²) in [4.78, 5) is 0. The van der Waals surface area contributed by atoms with Crippen molar-refractivity contribution in [2.24, 2.45) is 0 Å². The van der Waals surface area contributed by atoms with E-state index in [4.69, 9.17) is 14.6 Å². The first kappa shape index (κ1) is 12.0. The number of benzene rings is 1. The maximum atomic E-state index is 9.02. The van der Waals surface area contributed by atoms with E-state index in [0.717, 1.165) is 16.9 Å². The predicted octanol–water partition coefficient (Wildman–Crippen LogP) is 2.11. The summed E-state index contributed by atoms with van der Waals surface area (Å²) >= 11 is 0. The summed E-state index contributed by atoms with van der Waals surface area (Å²) in [5.74, 6) is 0.799. The highest BCUT2D eigenvalue weighted by Gasteiger charge is 2.05. The molecule has 3 nitrogen and oxygen atoms in total. The highest BCUT2D eigenvalue weighted by Crippen LogP contribution is 2.21. The van der Waals surface area contributed by atoms with E-state index in [1.807, 2.05) is 32.0 Å². The van der Waals surface area contributed by atoms with Crippen LogP contribution < -0.4 is 4.74 Å². The molecule has 0 spiro atoms. The third-order valence-electron chi connectivity index (χ3n) is 2.10. The minimum atomic E-state index is 0.0404. The number of methoxy groups -OCH3 is 1. The van der Waals surface area contributed by atoms with E-state index < -0.39 is 0 Å². The zero-order chi connectivity index (χ0) is 11.3. The molecule has 0 aliphatic rings. The number of hydrogen-bond acceptors (Lipinski definition) is 3. The molecule has 1 N–H and O–H groups in total. The van der Waals surface area contributed by atoms with E-state index in [-0.39, 0.29) is 12.7 Å². The molecule has 15 heavy (non-hydrogen) atoms. The molecule has 0 atom stereocenters. The van der Waals surface area contributed by atoms with Gasteiger partial charge in [0, 0.05) is 5.56 Å². The summed E-state index contributed by atoms with van der Waals surface area (Å²) in [6, 6.07) is 5.60. The fourth-order valence-corrected chi connectivity index (χ4v) is 1.30. The number of hydrogen-bond donors (Lipinski definition) is 1. The average molecular weight is 210 g/mol. The van der Waals surface area contributed by atoms with E-state index in [0.29, 0.717) is 6.61 Å². The first-order chi connectivity index (χ1) is 7.17. The van der Waals surface area contributed by atoms with Crippen molar-refractivity contribution in [3.05, 3.63) is 29.3 Å². The fraction of sp³-hybridized carbons (Fsp3) is 0.500. The third kappa shape index (κ3) is 3.53. The Kier molecular flexibility index (Phi) is 4.59. The molecule has 0 heterocycles. The fourth-order valence-electron chi connectivity index (χ4n) is 1.30. The molecule has 0 aromatic heterocycles. The van der Waals surface area contributed by atoms with Gasteiger partial charge in [-0.25, -0.2) is 0 Å².